The van der Waals surface area contributed by atoms with E-state index >= 15 is 0 Å². The van der Waals surface area contributed by atoms with Crippen molar-refractivity contribution in [1.82, 2.24) is 15.0 Å². The molecule has 1 amide bonds. The zero-order valence-electron chi connectivity index (χ0n) is 16.5. The topological polar surface area (TPSA) is 87.5 Å². The van der Waals surface area contributed by atoms with E-state index in [0.717, 1.165) is 24.3 Å². The van der Waals surface area contributed by atoms with E-state index in [1.165, 1.54) is 33.5 Å². The van der Waals surface area contributed by atoms with Gasteiger partial charge in [0.15, 0.2) is 22.9 Å². The number of halogens is 4. The third-order valence-corrected chi connectivity index (χ3v) is 4.15. The molecule has 1 heterocycles. The maximum absolute atomic E-state index is 13.7. The zero-order chi connectivity index (χ0) is 22.8. The molecule has 0 spiro atoms. The van der Waals surface area contributed by atoms with Gasteiger partial charge in [-0.2, -0.15) is 13.2 Å². The number of methoxy groups -OCH3 is 3. The SMILES string of the molecule is COc1cc(NC(=O)c2nnn(-c3ccc(F)cc3)c2C(F)(F)F)cc(OC)c1OC. The van der Waals surface area contributed by atoms with Gasteiger partial charge in [0.25, 0.3) is 5.91 Å². The van der Waals surface area contributed by atoms with Crippen molar-refractivity contribution in [3.63, 3.8) is 0 Å². The van der Waals surface area contributed by atoms with Crippen LogP contribution in [-0.2, 0) is 6.18 Å². The Bertz CT molecular complexity index is 1070. The average Bonchev–Trinajstić information content (AvgIpc) is 3.19. The van der Waals surface area contributed by atoms with Crippen LogP contribution >= 0.6 is 0 Å². The fourth-order valence-electron chi connectivity index (χ4n) is 2.80. The Hall–Kier alpha value is -3.83. The van der Waals surface area contributed by atoms with Gasteiger partial charge in [-0.3, -0.25) is 4.79 Å². The molecule has 2 aromatic carbocycles. The first-order valence-electron chi connectivity index (χ1n) is 8.59. The third-order valence-electron chi connectivity index (χ3n) is 4.15. The molecule has 0 aliphatic rings. The Kier molecular flexibility index (Phi) is 5.99. The molecular formula is C19H16F4N4O4. The van der Waals surface area contributed by atoms with Crippen LogP contribution in [-0.4, -0.2) is 42.2 Å². The second-order valence-electron chi connectivity index (χ2n) is 6.04. The molecule has 1 N–H and O–H groups in total. The highest BCUT2D eigenvalue weighted by Gasteiger charge is 2.42. The van der Waals surface area contributed by atoms with Crippen LogP contribution in [0.4, 0.5) is 23.2 Å². The van der Waals surface area contributed by atoms with Crippen molar-refractivity contribution < 1.29 is 36.6 Å². The first-order valence-corrected chi connectivity index (χ1v) is 8.59. The largest absolute Gasteiger partial charge is 0.493 e. The third kappa shape index (κ3) is 4.37. The van der Waals surface area contributed by atoms with Gasteiger partial charge in [-0.15, -0.1) is 5.10 Å². The lowest BCUT2D eigenvalue weighted by Gasteiger charge is -2.15. The highest BCUT2D eigenvalue weighted by molar-refractivity contribution is 6.04. The van der Waals surface area contributed by atoms with E-state index in [4.69, 9.17) is 14.2 Å². The summed E-state index contributed by atoms with van der Waals surface area (Å²) in [4.78, 5) is 12.6. The quantitative estimate of drug-likeness (QED) is 0.588. The summed E-state index contributed by atoms with van der Waals surface area (Å²) < 4.78 is 70.2. The molecule has 12 heteroatoms. The van der Waals surface area contributed by atoms with Gasteiger partial charge in [0.05, 0.1) is 27.0 Å². The van der Waals surface area contributed by atoms with Crippen LogP contribution in [0, 0.1) is 5.82 Å². The minimum absolute atomic E-state index is 0.0731. The Morgan fingerprint density at radius 1 is 1.00 bits per heavy atom. The number of ether oxygens (including phenoxy) is 3. The first kappa shape index (κ1) is 21.9. The molecule has 0 bridgehead atoms. The number of amides is 1. The summed E-state index contributed by atoms with van der Waals surface area (Å²) in [6.07, 6.45) is -4.97. The molecule has 8 nitrogen and oxygen atoms in total. The Morgan fingerprint density at radius 3 is 2.06 bits per heavy atom. The number of nitrogens with one attached hydrogen (secondary N) is 1. The number of rotatable bonds is 6. The summed E-state index contributed by atoms with van der Waals surface area (Å²) >= 11 is 0. The summed E-state index contributed by atoms with van der Waals surface area (Å²) in [6, 6.07) is 6.79. The number of nitrogens with zero attached hydrogens (tertiary/aromatic N) is 3. The summed E-state index contributed by atoms with van der Waals surface area (Å²) in [5.41, 5.74) is -2.42. The van der Waals surface area contributed by atoms with Gasteiger partial charge in [0.2, 0.25) is 5.75 Å². The van der Waals surface area contributed by atoms with Crippen LogP contribution < -0.4 is 19.5 Å². The van der Waals surface area contributed by atoms with Gasteiger partial charge in [0.1, 0.15) is 5.82 Å². The molecule has 0 unspecified atom stereocenters. The van der Waals surface area contributed by atoms with Gasteiger partial charge in [0, 0.05) is 17.8 Å². The van der Waals surface area contributed by atoms with Crippen molar-refractivity contribution in [3.05, 3.63) is 53.6 Å². The summed E-state index contributed by atoms with van der Waals surface area (Å²) in [5, 5.41) is 9.15. The van der Waals surface area contributed by atoms with E-state index in [2.05, 4.69) is 15.6 Å². The Balaban J connectivity index is 2.02. The summed E-state index contributed by atoms with van der Waals surface area (Å²) in [7, 11) is 4.07. The fraction of sp³-hybridized carbons (Fsp3) is 0.211. The van der Waals surface area contributed by atoms with Gasteiger partial charge in [-0.1, -0.05) is 5.21 Å². The van der Waals surface area contributed by atoms with Crippen LogP contribution in [0.3, 0.4) is 0 Å². The standard InChI is InChI=1S/C19H16F4N4O4/c1-29-13-8-11(9-14(30-2)16(13)31-3)24-18(28)15-17(19(21,22)23)27(26-25-15)12-6-4-10(20)5-7-12/h4-9H,1-3H3,(H,24,28). The van der Waals surface area contributed by atoms with E-state index in [-0.39, 0.29) is 28.6 Å². The van der Waals surface area contributed by atoms with E-state index in [0.29, 0.717) is 4.68 Å². The van der Waals surface area contributed by atoms with Crippen molar-refractivity contribution in [2.24, 2.45) is 0 Å². The maximum Gasteiger partial charge on any atom is 0.435 e. The molecule has 1 aromatic heterocycles. The number of benzene rings is 2. The van der Waals surface area contributed by atoms with Crippen LogP contribution in [0.25, 0.3) is 5.69 Å². The normalized spacial score (nSPS) is 11.2. The molecule has 0 saturated carbocycles. The van der Waals surface area contributed by atoms with Crippen LogP contribution in [0.1, 0.15) is 16.2 Å². The van der Waals surface area contributed by atoms with Gasteiger partial charge >= 0.3 is 6.18 Å². The molecule has 0 aliphatic carbocycles. The Morgan fingerprint density at radius 2 is 1.58 bits per heavy atom. The average molecular weight is 440 g/mol. The van der Waals surface area contributed by atoms with Crippen molar-refractivity contribution >= 4 is 11.6 Å². The van der Waals surface area contributed by atoms with Crippen LogP contribution in [0.5, 0.6) is 17.2 Å². The number of alkyl halides is 3. The van der Waals surface area contributed by atoms with Gasteiger partial charge < -0.3 is 19.5 Å². The zero-order valence-corrected chi connectivity index (χ0v) is 16.5. The predicted molar refractivity (Wildman–Crippen MR) is 100 cm³/mol. The number of carbonyl (C=O) groups excluding carboxylic acids is 1. The van der Waals surface area contributed by atoms with Gasteiger partial charge in [-0.25, -0.2) is 9.07 Å². The number of carbonyl (C=O) groups is 1. The molecule has 0 radical (unpaired) electrons. The number of anilines is 1. The van der Waals surface area contributed by atoms with Crippen molar-refractivity contribution in [3.8, 4) is 22.9 Å². The lowest BCUT2D eigenvalue weighted by Crippen LogP contribution is -2.21. The molecule has 0 saturated heterocycles. The molecule has 3 rings (SSSR count). The molecule has 31 heavy (non-hydrogen) atoms. The second kappa shape index (κ2) is 8.50. The summed E-state index contributed by atoms with van der Waals surface area (Å²) in [6.45, 7) is 0. The molecule has 164 valence electrons. The van der Waals surface area contributed by atoms with Crippen LogP contribution in [0.15, 0.2) is 36.4 Å². The van der Waals surface area contributed by atoms with Crippen molar-refractivity contribution in [1.29, 1.82) is 0 Å². The van der Waals surface area contributed by atoms with E-state index in [9.17, 15) is 22.4 Å². The monoisotopic (exact) mass is 440 g/mol. The molecule has 3 aromatic rings. The number of aromatic nitrogens is 3. The maximum atomic E-state index is 13.7. The summed E-state index contributed by atoms with van der Waals surface area (Å²) in [5.74, 6) is -1.21. The fourth-order valence-corrected chi connectivity index (χ4v) is 2.80. The second-order valence-corrected chi connectivity index (χ2v) is 6.04. The van der Waals surface area contributed by atoms with Gasteiger partial charge in [-0.05, 0) is 24.3 Å². The predicted octanol–water partition coefficient (Wildman–Crippen LogP) is 3.70. The Labute approximate surface area is 173 Å². The molecule has 0 aliphatic heterocycles. The molecular weight excluding hydrogens is 424 g/mol. The molecule has 0 atom stereocenters. The van der Waals surface area contributed by atoms with Crippen molar-refractivity contribution in [2.45, 2.75) is 6.18 Å². The first-order chi connectivity index (χ1) is 14.7. The van der Waals surface area contributed by atoms with E-state index < -0.39 is 29.3 Å². The lowest BCUT2D eigenvalue weighted by molar-refractivity contribution is -0.143. The molecule has 0 fully saturated rings. The lowest BCUT2D eigenvalue weighted by atomic mass is 10.2. The minimum Gasteiger partial charge on any atom is -0.493 e. The smallest absolute Gasteiger partial charge is 0.435 e. The van der Waals surface area contributed by atoms with Crippen molar-refractivity contribution in [2.75, 3.05) is 26.6 Å². The van der Waals surface area contributed by atoms with E-state index in [1.54, 1.807) is 0 Å². The highest BCUT2D eigenvalue weighted by atomic mass is 19.4. The number of hydrogen-bond acceptors (Lipinski definition) is 6. The van der Waals surface area contributed by atoms with Crippen LogP contribution in [0.2, 0.25) is 0 Å². The highest BCUT2D eigenvalue weighted by Crippen LogP contribution is 2.40. The minimum atomic E-state index is -4.97. The van der Waals surface area contributed by atoms with E-state index in [1.807, 2.05) is 0 Å². The number of hydrogen-bond donors (Lipinski definition) is 1.